The van der Waals surface area contributed by atoms with Crippen molar-refractivity contribution in [2.24, 2.45) is 0 Å². The summed E-state index contributed by atoms with van der Waals surface area (Å²) < 4.78 is 57.5. The predicted molar refractivity (Wildman–Crippen MR) is 188 cm³/mol. The monoisotopic (exact) mass is 768 g/mol. The van der Waals surface area contributed by atoms with Crippen LogP contribution in [0.4, 0.5) is 23.7 Å². The molecule has 5 rings (SSSR count). The molecule has 0 radical (unpaired) electrons. The number of esters is 1. The second kappa shape index (κ2) is 16.6. The van der Waals surface area contributed by atoms with Gasteiger partial charge in [-0.2, -0.15) is 9.83 Å². The number of amides is 1. The van der Waals surface area contributed by atoms with Crippen molar-refractivity contribution in [2.75, 3.05) is 25.5 Å². The highest BCUT2D eigenvalue weighted by Gasteiger charge is 2.44. The highest BCUT2D eigenvalue weighted by atomic mass is 35.5. The van der Waals surface area contributed by atoms with Gasteiger partial charge in [-0.1, -0.05) is 36.7 Å². The van der Waals surface area contributed by atoms with Gasteiger partial charge in [-0.25, -0.2) is 22.9 Å². The first kappa shape index (κ1) is 38.9. The van der Waals surface area contributed by atoms with Gasteiger partial charge in [0.05, 0.1) is 34.6 Å². The lowest BCUT2D eigenvalue weighted by Gasteiger charge is -2.32. The molecule has 12 nitrogen and oxygen atoms in total. The molecule has 3 aromatic carbocycles. The smallest absolute Gasteiger partial charge is 0.416 e. The Hall–Kier alpha value is -5.34. The fraction of sp³-hybridized carbons (Fsp3) is 0.278. The van der Waals surface area contributed by atoms with Gasteiger partial charge in [0.25, 0.3) is 6.33 Å². The Morgan fingerprint density at radius 1 is 1.13 bits per heavy atom. The van der Waals surface area contributed by atoms with E-state index in [0.717, 1.165) is 0 Å². The van der Waals surface area contributed by atoms with E-state index in [1.807, 2.05) is 6.07 Å². The topological polar surface area (TPSA) is 146 Å². The number of carbonyl (C=O) groups is 2. The van der Waals surface area contributed by atoms with Gasteiger partial charge in [0.2, 0.25) is 12.6 Å². The second-order valence-electron chi connectivity index (χ2n) is 12.0. The molecule has 3 unspecified atom stereocenters. The Balaban J connectivity index is 1.38. The molecule has 17 heteroatoms. The van der Waals surface area contributed by atoms with Crippen LogP contribution in [0.25, 0.3) is 11.3 Å². The number of nitriles is 1. The quantitative estimate of drug-likeness (QED) is 0.0839. The Morgan fingerprint density at radius 3 is 2.55 bits per heavy atom. The maximum atomic E-state index is 15.4. The van der Waals surface area contributed by atoms with E-state index in [2.05, 4.69) is 15.4 Å². The largest absolute Gasteiger partial charge is 0.460 e. The number of ether oxygens (including phenoxy) is 2. The molecule has 0 aliphatic rings. The number of anilines is 1. The first-order chi connectivity index (χ1) is 25.2. The van der Waals surface area contributed by atoms with Crippen molar-refractivity contribution in [3.8, 4) is 17.3 Å². The minimum absolute atomic E-state index is 0.000997. The molecule has 0 aliphatic carbocycles. The lowest BCUT2D eigenvalue weighted by molar-refractivity contribution is -0.753. The first-order valence-corrected chi connectivity index (χ1v) is 17.3. The summed E-state index contributed by atoms with van der Waals surface area (Å²) in [6.07, 6.45) is 0.944. The van der Waals surface area contributed by atoms with E-state index >= 15 is 4.39 Å². The molecule has 276 valence electrons. The van der Waals surface area contributed by atoms with Crippen molar-refractivity contribution in [3.05, 3.63) is 117 Å². The third-order valence-corrected chi connectivity index (χ3v) is 9.74. The Bertz CT molecular complexity index is 2160. The summed E-state index contributed by atoms with van der Waals surface area (Å²) in [5, 5.41) is 30.8. The molecule has 2 heterocycles. The number of carbonyl (C=O) groups excluding carboxylic acids is 2. The number of nitrogens with one attached hydrogen (secondary N) is 1. The molecule has 2 aromatic heterocycles. The van der Waals surface area contributed by atoms with E-state index in [4.69, 9.17) is 26.3 Å². The summed E-state index contributed by atoms with van der Waals surface area (Å²) in [4.78, 5) is 31.0. The SMILES string of the molecule is CNCC(=O)OCc1ccc(Cl)cc1N(C)C(=O)OC(C)[n+]1cnn(CC(O)(c2cc(F)c(F)cc2F)C(C)c2nc(-c3ccc(C#N)cc3)cs2)c1. The van der Waals surface area contributed by atoms with E-state index in [0.29, 0.717) is 50.2 Å². The molecular formula is C36H34ClF3N7O5S+. The third-order valence-electron chi connectivity index (χ3n) is 8.48. The molecule has 0 spiro atoms. The van der Waals surface area contributed by atoms with E-state index < -0.39 is 59.4 Å². The minimum atomic E-state index is -2.22. The maximum absolute atomic E-state index is 15.4. The Morgan fingerprint density at radius 2 is 1.85 bits per heavy atom. The number of halogens is 4. The number of benzene rings is 3. The molecule has 0 fully saturated rings. The molecule has 1 amide bonds. The zero-order chi connectivity index (χ0) is 38.4. The zero-order valence-corrected chi connectivity index (χ0v) is 30.5. The van der Waals surface area contributed by atoms with Gasteiger partial charge in [0.15, 0.2) is 11.6 Å². The molecule has 2 N–H and O–H groups in total. The molecule has 0 aliphatic heterocycles. The van der Waals surface area contributed by atoms with Crippen LogP contribution < -0.4 is 14.8 Å². The highest BCUT2D eigenvalue weighted by Crippen LogP contribution is 2.42. The summed E-state index contributed by atoms with van der Waals surface area (Å²) in [6.45, 7) is 2.56. The predicted octanol–water partition coefficient (Wildman–Crippen LogP) is 5.98. The maximum Gasteiger partial charge on any atom is 0.416 e. The summed E-state index contributed by atoms with van der Waals surface area (Å²) in [5.41, 5.74) is -0.213. The van der Waals surface area contributed by atoms with Gasteiger partial charge in [-0.15, -0.1) is 16.0 Å². The van der Waals surface area contributed by atoms with Crippen LogP contribution in [0.2, 0.25) is 5.02 Å². The Kier molecular flexibility index (Phi) is 12.1. The van der Waals surface area contributed by atoms with Gasteiger partial charge in [-0.05, 0) is 37.4 Å². The van der Waals surface area contributed by atoms with Crippen molar-refractivity contribution < 1.29 is 41.9 Å². The van der Waals surface area contributed by atoms with E-state index in [1.54, 1.807) is 62.7 Å². The highest BCUT2D eigenvalue weighted by molar-refractivity contribution is 7.10. The van der Waals surface area contributed by atoms with Crippen molar-refractivity contribution >= 4 is 40.7 Å². The van der Waals surface area contributed by atoms with Crippen LogP contribution in [0.3, 0.4) is 0 Å². The summed E-state index contributed by atoms with van der Waals surface area (Å²) in [7, 11) is 3.06. The first-order valence-electron chi connectivity index (χ1n) is 16.0. The summed E-state index contributed by atoms with van der Waals surface area (Å²) in [6, 6.07) is 14.5. The number of hydrogen-bond acceptors (Lipinski definition) is 10. The van der Waals surface area contributed by atoms with Crippen LogP contribution in [-0.4, -0.2) is 52.6 Å². The van der Waals surface area contributed by atoms with Gasteiger partial charge in [0, 0.05) is 58.1 Å². The number of nitrogens with zero attached hydrogens (tertiary/aromatic N) is 6. The van der Waals surface area contributed by atoms with Gasteiger partial charge < -0.3 is 19.9 Å². The number of thiazole rings is 1. The van der Waals surface area contributed by atoms with Crippen molar-refractivity contribution in [1.82, 2.24) is 20.1 Å². The summed E-state index contributed by atoms with van der Waals surface area (Å²) in [5.74, 6) is -5.43. The molecule has 0 saturated carbocycles. The lowest BCUT2D eigenvalue weighted by Crippen LogP contribution is -2.42. The second-order valence-corrected chi connectivity index (χ2v) is 13.4. The van der Waals surface area contributed by atoms with Gasteiger partial charge in [-0.3, -0.25) is 9.69 Å². The number of aliphatic hydroxyl groups is 1. The van der Waals surface area contributed by atoms with Crippen molar-refractivity contribution in [3.63, 3.8) is 0 Å². The molecular weight excluding hydrogens is 735 g/mol. The van der Waals surface area contributed by atoms with Crippen LogP contribution in [0, 0.1) is 28.8 Å². The lowest BCUT2D eigenvalue weighted by atomic mass is 9.82. The zero-order valence-electron chi connectivity index (χ0n) is 28.9. The van der Waals surface area contributed by atoms with Gasteiger partial charge in [0.1, 0.15) is 24.6 Å². The number of hydrogen-bond donors (Lipinski definition) is 2. The fourth-order valence-electron chi connectivity index (χ4n) is 5.41. The number of likely N-dealkylation sites (N-methyl/N-ethyl adjacent to an activating group) is 1. The van der Waals surface area contributed by atoms with Crippen LogP contribution in [0.15, 0.2) is 72.6 Å². The van der Waals surface area contributed by atoms with Crippen LogP contribution in [0.1, 0.15) is 47.7 Å². The molecule has 0 bridgehead atoms. The van der Waals surface area contributed by atoms with Crippen molar-refractivity contribution in [2.45, 2.75) is 44.7 Å². The molecule has 3 atom stereocenters. The van der Waals surface area contributed by atoms with E-state index in [9.17, 15) is 23.5 Å². The minimum Gasteiger partial charge on any atom is -0.460 e. The third kappa shape index (κ3) is 8.83. The number of aromatic nitrogens is 4. The van der Waals surface area contributed by atoms with Crippen LogP contribution >= 0.6 is 22.9 Å². The number of rotatable bonds is 13. The fourth-order valence-corrected chi connectivity index (χ4v) is 6.55. The average Bonchev–Trinajstić information content (AvgIpc) is 3.82. The van der Waals surface area contributed by atoms with Crippen LogP contribution in [-0.2, 0) is 33.0 Å². The molecule has 53 heavy (non-hydrogen) atoms. The molecule has 5 aromatic rings. The van der Waals surface area contributed by atoms with Crippen LogP contribution in [0.5, 0.6) is 0 Å². The van der Waals surface area contributed by atoms with E-state index in [-0.39, 0.29) is 13.2 Å². The van der Waals surface area contributed by atoms with Gasteiger partial charge >= 0.3 is 12.1 Å². The Labute approximate surface area is 311 Å². The normalized spacial score (nSPS) is 13.4. The summed E-state index contributed by atoms with van der Waals surface area (Å²) >= 11 is 7.37. The van der Waals surface area contributed by atoms with E-state index in [1.165, 1.54) is 51.3 Å². The molecule has 0 saturated heterocycles. The van der Waals surface area contributed by atoms with Crippen molar-refractivity contribution in [1.29, 1.82) is 5.26 Å². The standard InChI is InChI=1S/C36H34ClF3N7O5S/c1-21(34-44-31(17-53-34)24-7-5-23(14-41)6-8-24)36(50,27-12-29(39)30(40)13-28(27)38)18-47-20-46(19-43-47)22(2)52-35(49)45(4)32-11-26(37)10-9-25(32)16-51-33(48)15-42-3/h5-13,17,19-22,42,50H,15-16,18H2,1-4H3/q+1. The average molecular weight is 769 g/mol.